The Morgan fingerprint density at radius 1 is 1.32 bits per heavy atom. The Bertz CT molecular complexity index is 810. The quantitative estimate of drug-likeness (QED) is 0.404. The van der Waals surface area contributed by atoms with Gasteiger partial charge in [-0.3, -0.25) is 0 Å². The Labute approximate surface area is 162 Å². The van der Waals surface area contributed by atoms with Gasteiger partial charge in [-0.1, -0.05) is 30.7 Å². The van der Waals surface area contributed by atoms with Crippen molar-refractivity contribution in [3.05, 3.63) is 57.0 Å². The van der Waals surface area contributed by atoms with E-state index in [0.717, 1.165) is 22.0 Å². The van der Waals surface area contributed by atoms with Crippen LogP contribution in [0.1, 0.15) is 31.4 Å². The highest BCUT2D eigenvalue weighted by Gasteiger charge is 2.14. The van der Waals surface area contributed by atoms with Crippen LogP contribution < -0.4 is 9.47 Å². The molecule has 0 unspecified atom stereocenters. The number of hydrogen-bond donors (Lipinski definition) is 0. The third kappa shape index (κ3) is 5.01. The molecule has 5 heteroatoms. The second-order valence-electron chi connectivity index (χ2n) is 5.55. The van der Waals surface area contributed by atoms with Crippen LogP contribution in [0.4, 0.5) is 0 Å². The summed E-state index contributed by atoms with van der Waals surface area (Å²) in [5.41, 5.74) is 2.19. The summed E-state index contributed by atoms with van der Waals surface area (Å²) in [5.74, 6) is 1.29. The number of allylic oxidation sites excluding steroid dienone is 1. The molecule has 0 saturated heterocycles. The van der Waals surface area contributed by atoms with E-state index in [-0.39, 0.29) is 6.10 Å². The van der Waals surface area contributed by atoms with Gasteiger partial charge in [0.15, 0.2) is 11.5 Å². The van der Waals surface area contributed by atoms with Gasteiger partial charge in [0.05, 0.1) is 29.3 Å². The molecule has 3 nitrogen and oxygen atoms in total. The Hall–Kier alpha value is -1.96. The number of ether oxygens (including phenoxy) is 2. The molecule has 0 aliphatic rings. The largest absolute Gasteiger partial charge is 0.493 e. The van der Waals surface area contributed by atoms with Crippen molar-refractivity contribution in [1.29, 1.82) is 5.26 Å². The van der Waals surface area contributed by atoms with Crippen LogP contribution in [0.2, 0.25) is 5.02 Å². The fraction of sp³-hybridized carbons (Fsp3) is 0.250. The molecule has 0 fully saturated rings. The maximum Gasteiger partial charge on any atom is 0.175 e. The van der Waals surface area contributed by atoms with Gasteiger partial charge in [0.1, 0.15) is 0 Å². The molecule has 0 aromatic heterocycles. The Balaban J connectivity index is 2.43. The first-order valence-corrected chi connectivity index (χ1v) is 9.07. The molecule has 130 valence electrons. The molecule has 2 aromatic rings. The second-order valence-corrected chi connectivity index (χ2v) is 6.84. The molecule has 25 heavy (non-hydrogen) atoms. The highest BCUT2D eigenvalue weighted by atomic mass is 79.9. The lowest BCUT2D eigenvalue weighted by molar-refractivity contribution is 0.206. The minimum Gasteiger partial charge on any atom is -0.493 e. The van der Waals surface area contributed by atoms with Gasteiger partial charge >= 0.3 is 0 Å². The van der Waals surface area contributed by atoms with Gasteiger partial charge in [0.2, 0.25) is 0 Å². The van der Waals surface area contributed by atoms with E-state index in [1.165, 1.54) is 0 Å². The third-order valence-corrected chi connectivity index (χ3v) is 4.57. The van der Waals surface area contributed by atoms with Gasteiger partial charge in [-0.25, -0.2) is 0 Å². The van der Waals surface area contributed by atoms with Crippen molar-refractivity contribution >= 4 is 39.2 Å². The highest BCUT2D eigenvalue weighted by Crippen LogP contribution is 2.38. The van der Waals surface area contributed by atoms with Gasteiger partial charge in [0.25, 0.3) is 0 Å². The molecule has 0 saturated carbocycles. The zero-order chi connectivity index (χ0) is 18.4. The monoisotopic (exact) mass is 419 g/mol. The van der Waals surface area contributed by atoms with Crippen LogP contribution in [-0.2, 0) is 0 Å². The first-order chi connectivity index (χ1) is 12.0. The first-order valence-electron chi connectivity index (χ1n) is 7.90. The number of hydrogen-bond acceptors (Lipinski definition) is 3. The van der Waals surface area contributed by atoms with Crippen LogP contribution in [-0.4, -0.2) is 13.2 Å². The maximum absolute atomic E-state index is 9.49. The minimum absolute atomic E-state index is 0.0790. The summed E-state index contributed by atoms with van der Waals surface area (Å²) in [7, 11) is 1.60. The number of benzene rings is 2. The van der Waals surface area contributed by atoms with Crippen LogP contribution in [0.15, 0.2) is 40.9 Å². The van der Waals surface area contributed by atoms with Gasteiger partial charge < -0.3 is 9.47 Å². The standard InChI is InChI=1S/C20H19BrClNO2/c1-4-13(2)25-20-18(21)10-14(11-19(20)24-3)9-16(12-23)15-5-7-17(22)8-6-15/h5-11,13H,4H2,1-3H3/b16-9+/t13-/m1/s1. The van der Waals surface area contributed by atoms with E-state index in [1.807, 2.05) is 37.3 Å². The van der Waals surface area contributed by atoms with Crippen LogP contribution in [0, 0.1) is 11.3 Å². The Morgan fingerprint density at radius 3 is 2.56 bits per heavy atom. The zero-order valence-corrected chi connectivity index (χ0v) is 16.7. The predicted molar refractivity (Wildman–Crippen MR) is 106 cm³/mol. The van der Waals surface area contributed by atoms with Crippen molar-refractivity contribution in [2.75, 3.05) is 7.11 Å². The molecule has 2 aromatic carbocycles. The van der Waals surface area contributed by atoms with Crippen molar-refractivity contribution in [2.45, 2.75) is 26.4 Å². The van der Waals surface area contributed by atoms with Crippen molar-refractivity contribution in [3.63, 3.8) is 0 Å². The molecule has 0 bridgehead atoms. The van der Waals surface area contributed by atoms with E-state index in [2.05, 4.69) is 28.9 Å². The van der Waals surface area contributed by atoms with E-state index in [1.54, 1.807) is 19.2 Å². The molecule has 0 amide bonds. The van der Waals surface area contributed by atoms with E-state index in [4.69, 9.17) is 21.1 Å². The van der Waals surface area contributed by atoms with Gasteiger partial charge in [-0.05, 0) is 70.7 Å². The van der Waals surface area contributed by atoms with E-state index in [0.29, 0.717) is 22.1 Å². The molecule has 2 rings (SSSR count). The molecule has 0 radical (unpaired) electrons. The smallest absolute Gasteiger partial charge is 0.175 e. The second kappa shape index (κ2) is 8.94. The van der Waals surface area contributed by atoms with Crippen LogP contribution in [0.25, 0.3) is 11.6 Å². The molecule has 0 aliphatic carbocycles. The number of halogens is 2. The number of nitriles is 1. The van der Waals surface area contributed by atoms with Gasteiger partial charge in [-0.2, -0.15) is 5.26 Å². The molecule has 1 atom stereocenters. The average Bonchev–Trinajstić information content (AvgIpc) is 2.62. The van der Waals surface area contributed by atoms with E-state index >= 15 is 0 Å². The molecule has 0 spiro atoms. The average molecular weight is 421 g/mol. The van der Waals surface area contributed by atoms with Crippen molar-refractivity contribution in [2.24, 2.45) is 0 Å². The summed E-state index contributed by atoms with van der Waals surface area (Å²) in [4.78, 5) is 0. The van der Waals surface area contributed by atoms with Crippen molar-refractivity contribution in [3.8, 4) is 17.6 Å². The van der Waals surface area contributed by atoms with Crippen molar-refractivity contribution in [1.82, 2.24) is 0 Å². The Kier molecular flexibility index (Phi) is 6.92. The normalized spacial score (nSPS) is 12.4. The first kappa shape index (κ1) is 19.4. The summed E-state index contributed by atoms with van der Waals surface area (Å²) in [6.07, 6.45) is 2.78. The minimum atomic E-state index is 0.0790. The van der Waals surface area contributed by atoms with Gasteiger partial charge in [0, 0.05) is 5.02 Å². The lowest BCUT2D eigenvalue weighted by Crippen LogP contribution is -2.11. The fourth-order valence-corrected chi connectivity index (χ4v) is 2.88. The summed E-state index contributed by atoms with van der Waals surface area (Å²) in [6, 6.07) is 13.2. The van der Waals surface area contributed by atoms with Crippen LogP contribution in [0.3, 0.4) is 0 Å². The number of nitrogens with zero attached hydrogens (tertiary/aromatic N) is 1. The van der Waals surface area contributed by atoms with E-state index in [9.17, 15) is 5.26 Å². The third-order valence-electron chi connectivity index (χ3n) is 3.73. The van der Waals surface area contributed by atoms with E-state index < -0.39 is 0 Å². The van der Waals surface area contributed by atoms with Gasteiger partial charge in [-0.15, -0.1) is 0 Å². The highest BCUT2D eigenvalue weighted by molar-refractivity contribution is 9.10. The Morgan fingerprint density at radius 2 is 2.00 bits per heavy atom. The summed E-state index contributed by atoms with van der Waals surface area (Å²) >= 11 is 9.45. The van der Waals surface area contributed by atoms with Crippen LogP contribution >= 0.6 is 27.5 Å². The lowest BCUT2D eigenvalue weighted by Gasteiger charge is -2.17. The number of rotatable bonds is 6. The summed E-state index contributed by atoms with van der Waals surface area (Å²) < 4.78 is 12.2. The molecule has 0 aliphatic heterocycles. The molecular formula is C20H19BrClNO2. The number of methoxy groups -OCH3 is 1. The SMILES string of the molecule is CC[C@@H](C)Oc1c(Br)cc(/C=C(\C#N)c2ccc(Cl)cc2)cc1OC. The van der Waals surface area contributed by atoms with Crippen molar-refractivity contribution < 1.29 is 9.47 Å². The van der Waals surface area contributed by atoms with Crippen LogP contribution in [0.5, 0.6) is 11.5 Å². The zero-order valence-electron chi connectivity index (χ0n) is 14.3. The molecule has 0 heterocycles. The maximum atomic E-state index is 9.49. The fourth-order valence-electron chi connectivity index (χ4n) is 2.20. The topological polar surface area (TPSA) is 42.2 Å². The molecular weight excluding hydrogens is 402 g/mol. The summed E-state index contributed by atoms with van der Waals surface area (Å²) in [6.45, 7) is 4.07. The lowest BCUT2D eigenvalue weighted by atomic mass is 10.0. The predicted octanol–water partition coefficient (Wildman–Crippen LogP) is 6.35. The molecule has 0 N–H and O–H groups in total. The summed E-state index contributed by atoms with van der Waals surface area (Å²) in [5, 5.41) is 10.1.